The Kier molecular flexibility index (Phi) is 3.05. The van der Waals surface area contributed by atoms with Gasteiger partial charge in [-0.3, -0.25) is 4.79 Å². The number of H-pyrrole nitrogens is 1. The summed E-state index contributed by atoms with van der Waals surface area (Å²) in [5, 5.41) is 0.962. The van der Waals surface area contributed by atoms with E-state index in [0.29, 0.717) is 0 Å². The van der Waals surface area contributed by atoms with Gasteiger partial charge in [0.15, 0.2) is 0 Å². The van der Waals surface area contributed by atoms with Gasteiger partial charge in [0.05, 0.1) is 0 Å². The first-order valence-electron chi connectivity index (χ1n) is 6.24. The second kappa shape index (κ2) is 5.01. The van der Waals surface area contributed by atoms with Gasteiger partial charge in [-0.05, 0) is 17.7 Å². The first-order chi connectivity index (χ1) is 9.74. The number of rotatable bonds is 3. The molecule has 3 N–H and O–H groups in total. The van der Waals surface area contributed by atoms with Gasteiger partial charge < -0.3 is 10.7 Å². The van der Waals surface area contributed by atoms with E-state index in [0.717, 1.165) is 27.7 Å². The summed E-state index contributed by atoms with van der Waals surface area (Å²) in [6.07, 6.45) is 6.68. The van der Waals surface area contributed by atoms with E-state index in [1.54, 1.807) is 6.08 Å². The Morgan fingerprint density at radius 3 is 2.75 bits per heavy atom. The summed E-state index contributed by atoms with van der Waals surface area (Å²) in [5.41, 5.74) is 8.94. The summed E-state index contributed by atoms with van der Waals surface area (Å²) in [4.78, 5) is 18.3. The Morgan fingerprint density at radius 2 is 2.00 bits per heavy atom. The summed E-state index contributed by atoms with van der Waals surface area (Å²) < 4.78 is 0. The van der Waals surface area contributed by atoms with Crippen molar-refractivity contribution in [3.63, 3.8) is 0 Å². The van der Waals surface area contributed by atoms with E-state index in [-0.39, 0.29) is 0 Å². The highest BCUT2D eigenvalue weighted by Gasteiger charge is 2.05. The van der Waals surface area contributed by atoms with Crippen molar-refractivity contribution in [2.45, 2.75) is 0 Å². The largest absolute Gasteiger partial charge is 0.366 e. The van der Waals surface area contributed by atoms with E-state index in [4.69, 9.17) is 5.73 Å². The number of nitrogens with one attached hydrogen (secondary N) is 1. The van der Waals surface area contributed by atoms with Crippen molar-refractivity contribution in [2.75, 3.05) is 0 Å². The number of nitrogens with zero attached hydrogens (tertiary/aromatic N) is 1. The number of carbonyl (C=O) groups excluding carboxylic acids is 1. The molecule has 0 bridgehead atoms. The molecule has 0 saturated carbocycles. The van der Waals surface area contributed by atoms with Crippen LogP contribution < -0.4 is 5.73 Å². The van der Waals surface area contributed by atoms with Crippen molar-refractivity contribution in [3.8, 4) is 11.1 Å². The quantitative estimate of drug-likeness (QED) is 0.713. The SMILES string of the molecule is NC(=O)C=Cc1c[nH]c2ncc(-c3ccccc3)cc12. The highest BCUT2D eigenvalue weighted by Crippen LogP contribution is 2.25. The zero-order valence-electron chi connectivity index (χ0n) is 10.7. The van der Waals surface area contributed by atoms with Crippen LogP contribution in [0, 0.1) is 0 Å². The molecule has 0 unspecified atom stereocenters. The minimum absolute atomic E-state index is 0.466. The van der Waals surface area contributed by atoms with Gasteiger partial charge in [0, 0.05) is 35.0 Å². The predicted octanol–water partition coefficient (Wildman–Crippen LogP) is 2.73. The van der Waals surface area contributed by atoms with Crippen LogP contribution in [0.2, 0.25) is 0 Å². The Balaban J connectivity index is 2.10. The molecule has 0 saturated heterocycles. The lowest BCUT2D eigenvalue weighted by Crippen LogP contribution is -2.04. The van der Waals surface area contributed by atoms with Crippen LogP contribution in [0.25, 0.3) is 28.2 Å². The molecule has 0 atom stereocenters. The molecule has 0 radical (unpaired) electrons. The van der Waals surface area contributed by atoms with E-state index in [2.05, 4.69) is 16.0 Å². The van der Waals surface area contributed by atoms with Gasteiger partial charge in [-0.1, -0.05) is 30.3 Å². The molecule has 1 aromatic carbocycles. The number of pyridine rings is 1. The normalized spacial score (nSPS) is 11.2. The van der Waals surface area contributed by atoms with Crippen LogP contribution in [0.1, 0.15) is 5.56 Å². The molecule has 0 aliphatic rings. The summed E-state index contributed by atoms with van der Waals surface area (Å²) in [5.74, 6) is -0.466. The lowest BCUT2D eigenvalue weighted by molar-refractivity contribution is -0.113. The molecule has 4 heteroatoms. The van der Waals surface area contributed by atoms with Gasteiger partial charge in [0.25, 0.3) is 0 Å². The molecule has 3 aromatic rings. The van der Waals surface area contributed by atoms with Gasteiger partial charge in [0.1, 0.15) is 5.65 Å². The van der Waals surface area contributed by atoms with E-state index in [1.165, 1.54) is 6.08 Å². The van der Waals surface area contributed by atoms with Crippen LogP contribution in [-0.4, -0.2) is 15.9 Å². The molecule has 3 rings (SSSR count). The second-order valence-electron chi connectivity index (χ2n) is 4.47. The van der Waals surface area contributed by atoms with Crippen LogP contribution in [-0.2, 0) is 4.79 Å². The summed E-state index contributed by atoms with van der Waals surface area (Å²) >= 11 is 0. The fourth-order valence-corrected chi connectivity index (χ4v) is 2.12. The smallest absolute Gasteiger partial charge is 0.241 e. The van der Waals surface area contributed by atoms with E-state index in [1.807, 2.05) is 42.7 Å². The molecule has 0 spiro atoms. The molecular formula is C16H13N3O. The number of benzene rings is 1. The predicted molar refractivity (Wildman–Crippen MR) is 79.8 cm³/mol. The maximum absolute atomic E-state index is 10.8. The fourth-order valence-electron chi connectivity index (χ4n) is 2.12. The van der Waals surface area contributed by atoms with Gasteiger partial charge >= 0.3 is 0 Å². The second-order valence-corrected chi connectivity index (χ2v) is 4.47. The molecule has 0 aliphatic heterocycles. The van der Waals surface area contributed by atoms with Gasteiger partial charge in [-0.2, -0.15) is 0 Å². The van der Waals surface area contributed by atoms with Gasteiger partial charge in [-0.25, -0.2) is 4.98 Å². The lowest BCUT2D eigenvalue weighted by atomic mass is 10.1. The molecule has 0 fully saturated rings. The molecule has 1 amide bonds. The van der Waals surface area contributed by atoms with Crippen molar-refractivity contribution in [3.05, 3.63) is 60.4 Å². The molecule has 0 aliphatic carbocycles. The van der Waals surface area contributed by atoms with Crippen LogP contribution in [0.4, 0.5) is 0 Å². The molecule has 20 heavy (non-hydrogen) atoms. The van der Waals surface area contributed by atoms with Crippen LogP contribution >= 0.6 is 0 Å². The Morgan fingerprint density at radius 1 is 1.20 bits per heavy atom. The topological polar surface area (TPSA) is 71.8 Å². The third kappa shape index (κ3) is 2.31. The molecule has 98 valence electrons. The summed E-state index contributed by atoms with van der Waals surface area (Å²) in [6.45, 7) is 0. The van der Waals surface area contributed by atoms with Crippen LogP contribution in [0.15, 0.2) is 54.9 Å². The highest BCUT2D eigenvalue weighted by molar-refractivity contribution is 5.95. The third-order valence-corrected chi connectivity index (χ3v) is 3.10. The number of primary amides is 1. The fraction of sp³-hybridized carbons (Fsp3) is 0. The monoisotopic (exact) mass is 263 g/mol. The Labute approximate surface area is 116 Å². The maximum Gasteiger partial charge on any atom is 0.241 e. The van der Waals surface area contributed by atoms with Crippen molar-refractivity contribution in [1.29, 1.82) is 0 Å². The van der Waals surface area contributed by atoms with Gasteiger partial charge in [0.2, 0.25) is 5.91 Å². The van der Waals surface area contributed by atoms with E-state index in [9.17, 15) is 4.79 Å². The summed E-state index contributed by atoms with van der Waals surface area (Å²) in [6, 6.07) is 12.1. The van der Waals surface area contributed by atoms with Crippen LogP contribution in [0.5, 0.6) is 0 Å². The standard InChI is InChI=1S/C16H13N3O/c17-15(20)7-6-12-9-18-16-14(12)8-13(10-19-16)11-4-2-1-3-5-11/h1-10H,(H2,17,20)(H,18,19). The number of nitrogens with two attached hydrogens (primary N) is 1. The van der Waals surface area contributed by atoms with Crippen molar-refractivity contribution in [1.82, 2.24) is 9.97 Å². The van der Waals surface area contributed by atoms with E-state index < -0.39 is 5.91 Å². The zero-order valence-corrected chi connectivity index (χ0v) is 10.7. The number of aromatic nitrogens is 2. The average Bonchev–Trinajstić information content (AvgIpc) is 2.88. The number of carbonyl (C=O) groups is 1. The summed E-state index contributed by atoms with van der Waals surface area (Å²) in [7, 11) is 0. The highest BCUT2D eigenvalue weighted by atomic mass is 16.1. The molecule has 2 heterocycles. The van der Waals surface area contributed by atoms with Crippen molar-refractivity contribution >= 4 is 23.0 Å². The number of amides is 1. The number of hydrogen-bond acceptors (Lipinski definition) is 2. The third-order valence-electron chi connectivity index (χ3n) is 3.10. The van der Waals surface area contributed by atoms with Crippen LogP contribution in [0.3, 0.4) is 0 Å². The number of aromatic amines is 1. The molecule has 4 nitrogen and oxygen atoms in total. The molecular weight excluding hydrogens is 250 g/mol. The van der Waals surface area contributed by atoms with Gasteiger partial charge in [-0.15, -0.1) is 0 Å². The lowest BCUT2D eigenvalue weighted by Gasteiger charge is -2.01. The number of hydrogen-bond donors (Lipinski definition) is 2. The first-order valence-corrected chi connectivity index (χ1v) is 6.24. The maximum atomic E-state index is 10.8. The average molecular weight is 263 g/mol. The Hall–Kier alpha value is -2.88. The molecule has 2 aromatic heterocycles. The zero-order chi connectivity index (χ0) is 13.9. The van der Waals surface area contributed by atoms with E-state index >= 15 is 0 Å². The Bertz CT molecular complexity index is 788. The van der Waals surface area contributed by atoms with Crippen molar-refractivity contribution < 1.29 is 4.79 Å². The first kappa shape index (κ1) is 12.2. The minimum Gasteiger partial charge on any atom is -0.366 e. The minimum atomic E-state index is -0.466. The number of fused-ring (bicyclic) bond motifs is 1. The van der Waals surface area contributed by atoms with Crippen molar-refractivity contribution in [2.24, 2.45) is 5.73 Å².